The number of aliphatic imine (C=N–C) groups is 1. The Balaban J connectivity index is 2.11. The Kier molecular flexibility index (Phi) is 3.72. The van der Waals surface area contributed by atoms with E-state index in [9.17, 15) is 0 Å². The van der Waals surface area contributed by atoms with Gasteiger partial charge in [0.2, 0.25) is 0 Å². The minimum Gasteiger partial charge on any atom is -0.455 e. The minimum absolute atomic E-state index is 0.347. The fourth-order valence-corrected chi connectivity index (χ4v) is 1.96. The zero-order valence-electron chi connectivity index (χ0n) is 11.6. The van der Waals surface area contributed by atoms with Crippen LogP contribution in [0.25, 0.3) is 0 Å². The van der Waals surface area contributed by atoms with Gasteiger partial charge in [0.1, 0.15) is 11.2 Å². The second-order valence-electron chi connectivity index (χ2n) is 5.44. The SMILES string of the molecule is CC1(C)OC(=CC=Nc2ccccc2Br)OC1(C)C. The summed E-state index contributed by atoms with van der Waals surface area (Å²) < 4.78 is 12.5. The van der Waals surface area contributed by atoms with E-state index in [1.807, 2.05) is 52.0 Å². The van der Waals surface area contributed by atoms with Gasteiger partial charge >= 0.3 is 0 Å². The topological polar surface area (TPSA) is 30.8 Å². The van der Waals surface area contributed by atoms with Crippen LogP contribution in [0.4, 0.5) is 5.69 Å². The lowest BCUT2D eigenvalue weighted by atomic mass is 9.90. The molecule has 1 fully saturated rings. The number of benzene rings is 1. The maximum atomic E-state index is 5.77. The van der Waals surface area contributed by atoms with Crippen LogP contribution in [0.3, 0.4) is 0 Å². The summed E-state index contributed by atoms with van der Waals surface area (Å²) in [6, 6.07) is 7.78. The highest BCUT2D eigenvalue weighted by Crippen LogP contribution is 2.39. The molecule has 0 aromatic heterocycles. The molecule has 19 heavy (non-hydrogen) atoms. The first-order valence-corrected chi connectivity index (χ1v) is 6.98. The van der Waals surface area contributed by atoms with Crippen molar-refractivity contribution < 1.29 is 9.47 Å². The van der Waals surface area contributed by atoms with Crippen LogP contribution >= 0.6 is 15.9 Å². The number of para-hydroxylation sites is 1. The molecule has 0 aliphatic carbocycles. The molecule has 0 N–H and O–H groups in total. The van der Waals surface area contributed by atoms with Crippen molar-refractivity contribution in [2.24, 2.45) is 4.99 Å². The van der Waals surface area contributed by atoms with Crippen molar-refractivity contribution in [2.75, 3.05) is 0 Å². The van der Waals surface area contributed by atoms with Crippen LogP contribution in [0.2, 0.25) is 0 Å². The van der Waals surface area contributed by atoms with Gasteiger partial charge in [0, 0.05) is 16.8 Å². The maximum absolute atomic E-state index is 5.77. The summed E-state index contributed by atoms with van der Waals surface area (Å²) in [5.41, 5.74) is 0.177. The molecule has 1 saturated heterocycles. The fraction of sp³-hybridized carbons (Fsp3) is 0.400. The highest BCUT2D eigenvalue weighted by molar-refractivity contribution is 9.10. The van der Waals surface area contributed by atoms with E-state index in [0.29, 0.717) is 5.95 Å². The lowest BCUT2D eigenvalue weighted by Crippen LogP contribution is -2.41. The van der Waals surface area contributed by atoms with Crippen molar-refractivity contribution in [3.05, 3.63) is 40.8 Å². The van der Waals surface area contributed by atoms with E-state index < -0.39 is 0 Å². The Morgan fingerprint density at radius 2 is 1.63 bits per heavy atom. The molecule has 1 aromatic rings. The Bertz CT molecular complexity index is 515. The fourth-order valence-electron chi connectivity index (χ4n) is 1.57. The molecule has 1 heterocycles. The number of hydrogen-bond acceptors (Lipinski definition) is 3. The molecule has 4 heteroatoms. The van der Waals surface area contributed by atoms with Crippen LogP contribution in [0.15, 0.2) is 45.8 Å². The molecular formula is C15H18BrNO2. The molecule has 1 aliphatic heterocycles. The maximum Gasteiger partial charge on any atom is 0.282 e. The summed E-state index contributed by atoms with van der Waals surface area (Å²) in [7, 11) is 0. The molecule has 102 valence electrons. The largest absolute Gasteiger partial charge is 0.455 e. The number of rotatable bonds is 2. The third kappa shape index (κ3) is 3.00. The van der Waals surface area contributed by atoms with E-state index in [1.165, 1.54) is 0 Å². The van der Waals surface area contributed by atoms with Crippen molar-refractivity contribution in [2.45, 2.75) is 38.9 Å². The molecule has 0 spiro atoms. The summed E-state index contributed by atoms with van der Waals surface area (Å²) in [4.78, 5) is 4.36. The molecule has 1 aliphatic rings. The summed E-state index contributed by atoms with van der Waals surface area (Å²) in [5, 5.41) is 0. The van der Waals surface area contributed by atoms with Crippen molar-refractivity contribution in [1.82, 2.24) is 0 Å². The van der Waals surface area contributed by atoms with Crippen LogP contribution in [0, 0.1) is 0 Å². The summed E-state index contributed by atoms with van der Waals surface area (Å²) in [6.07, 6.45) is 3.43. The summed E-state index contributed by atoms with van der Waals surface area (Å²) in [5.74, 6) is 0.505. The molecule has 0 atom stereocenters. The van der Waals surface area contributed by atoms with E-state index in [1.54, 1.807) is 12.3 Å². The molecule has 3 nitrogen and oxygen atoms in total. The smallest absolute Gasteiger partial charge is 0.282 e. The quantitative estimate of drug-likeness (QED) is 0.745. The lowest BCUT2D eigenvalue weighted by Gasteiger charge is -2.28. The van der Waals surface area contributed by atoms with E-state index in [0.717, 1.165) is 10.2 Å². The molecule has 1 aromatic carbocycles. The van der Waals surface area contributed by atoms with Gasteiger partial charge in [0.05, 0.1) is 5.69 Å². The van der Waals surface area contributed by atoms with Crippen molar-refractivity contribution in [3.8, 4) is 0 Å². The van der Waals surface area contributed by atoms with Crippen LogP contribution in [-0.4, -0.2) is 17.4 Å². The summed E-state index contributed by atoms with van der Waals surface area (Å²) >= 11 is 3.45. The lowest BCUT2D eigenvalue weighted by molar-refractivity contribution is 0.00578. The number of ether oxygens (including phenoxy) is 2. The predicted octanol–water partition coefficient (Wildman–Crippen LogP) is 4.60. The first-order valence-electron chi connectivity index (χ1n) is 6.19. The number of nitrogens with zero attached hydrogens (tertiary/aromatic N) is 1. The van der Waals surface area contributed by atoms with Crippen LogP contribution in [0.1, 0.15) is 27.7 Å². The molecule has 0 unspecified atom stereocenters. The highest BCUT2D eigenvalue weighted by atomic mass is 79.9. The monoisotopic (exact) mass is 323 g/mol. The van der Waals surface area contributed by atoms with E-state index >= 15 is 0 Å². The molecule has 0 amide bonds. The van der Waals surface area contributed by atoms with E-state index in [2.05, 4.69) is 20.9 Å². The number of halogens is 1. The number of hydrogen-bond donors (Lipinski definition) is 0. The molecule has 2 rings (SSSR count). The van der Waals surface area contributed by atoms with Gasteiger partial charge in [-0.2, -0.15) is 0 Å². The normalized spacial score (nSPS) is 20.2. The average Bonchev–Trinajstić information content (AvgIpc) is 2.50. The third-order valence-electron chi connectivity index (χ3n) is 3.44. The third-order valence-corrected chi connectivity index (χ3v) is 4.11. The minimum atomic E-state index is -0.347. The Labute approximate surface area is 122 Å². The second kappa shape index (κ2) is 5.00. The number of allylic oxidation sites excluding steroid dienone is 1. The predicted molar refractivity (Wildman–Crippen MR) is 80.7 cm³/mol. The zero-order chi connectivity index (χ0) is 14.1. The first-order chi connectivity index (χ1) is 8.82. The molecule has 0 bridgehead atoms. The van der Waals surface area contributed by atoms with E-state index in [-0.39, 0.29) is 11.2 Å². The highest BCUT2D eigenvalue weighted by Gasteiger charge is 2.48. The molecule has 0 radical (unpaired) electrons. The van der Waals surface area contributed by atoms with Gasteiger partial charge in [0.25, 0.3) is 5.95 Å². The van der Waals surface area contributed by atoms with Gasteiger partial charge in [-0.1, -0.05) is 12.1 Å². The standard InChI is InChI=1S/C15H18BrNO2/c1-14(2)15(3,4)19-13(18-14)9-10-17-12-8-6-5-7-11(12)16/h5-10H,1-4H3. The van der Waals surface area contributed by atoms with Crippen molar-refractivity contribution >= 4 is 27.8 Å². The Morgan fingerprint density at radius 1 is 1.05 bits per heavy atom. The van der Waals surface area contributed by atoms with Gasteiger partial charge < -0.3 is 9.47 Å². The Hall–Kier alpha value is -1.29. The van der Waals surface area contributed by atoms with Gasteiger partial charge in [-0.3, -0.25) is 4.99 Å². The molecular weight excluding hydrogens is 306 g/mol. The molecule has 0 saturated carbocycles. The van der Waals surface area contributed by atoms with Crippen LogP contribution in [-0.2, 0) is 9.47 Å². The van der Waals surface area contributed by atoms with Crippen LogP contribution < -0.4 is 0 Å². The van der Waals surface area contributed by atoms with Gasteiger partial charge in [-0.15, -0.1) is 0 Å². The Morgan fingerprint density at radius 3 is 2.21 bits per heavy atom. The average molecular weight is 324 g/mol. The van der Waals surface area contributed by atoms with E-state index in [4.69, 9.17) is 9.47 Å². The van der Waals surface area contributed by atoms with Crippen molar-refractivity contribution in [3.63, 3.8) is 0 Å². The second-order valence-corrected chi connectivity index (χ2v) is 6.29. The summed E-state index contributed by atoms with van der Waals surface area (Å²) in [6.45, 7) is 8.05. The zero-order valence-corrected chi connectivity index (χ0v) is 13.2. The first kappa shape index (κ1) is 14.1. The van der Waals surface area contributed by atoms with Gasteiger partial charge in [0.15, 0.2) is 0 Å². The van der Waals surface area contributed by atoms with Gasteiger partial charge in [-0.25, -0.2) is 0 Å². The van der Waals surface area contributed by atoms with Crippen LogP contribution in [0.5, 0.6) is 0 Å². The van der Waals surface area contributed by atoms with Gasteiger partial charge in [-0.05, 0) is 55.8 Å². The van der Waals surface area contributed by atoms with Crippen molar-refractivity contribution in [1.29, 1.82) is 0 Å².